The van der Waals surface area contributed by atoms with Gasteiger partial charge in [0.15, 0.2) is 5.82 Å². The first-order valence-corrected chi connectivity index (χ1v) is 9.37. The maximum atomic E-state index is 12.2. The summed E-state index contributed by atoms with van der Waals surface area (Å²) in [6, 6.07) is 9.10. The van der Waals surface area contributed by atoms with Crippen LogP contribution in [-0.2, 0) is 14.8 Å². The van der Waals surface area contributed by atoms with Crippen molar-refractivity contribution in [2.45, 2.75) is 23.8 Å². The summed E-state index contributed by atoms with van der Waals surface area (Å²) in [5, 5.41) is 11.4. The number of sulfonamides is 1. The number of nitrogens with zero attached hydrogens (tertiary/aromatic N) is 2. The molecule has 1 aliphatic heterocycles. The molecule has 2 heterocycles. The Kier molecular flexibility index (Phi) is 5.17. The molecule has 9 heteroatoms. The SMILES string of the molecule is O=S(=O)(Nc1ccc(NCC2CCCO2)nn1)c1ccc(Cl)cc1. The Morgan fingerprint density at radius 3 is 2.46 bits per heavy atom. The van der Waals surface area contributed by atoms with E-state index in [1.807, 2.05) is 0 Å². The van der Waals surface area contributed by atoms with E-state index in [0.717, 1.165) is 19.4 Å². The zero-order chi connectivity index (χ0) is 17.0. The fourth-order valence-corrected chi connectivity index (χ4v) is 3.44. The Morgan fingerprint density at radius 2 is 1.83 bits per heavy atom. The first-order valence-electron chi connectivity index (χ1n) is 7.50. The predicted molar refractivity (Wildman–Crippen MR) is 91.8 cm³/mol. The summed E-state index contributed by atoms with van der Waals surface area (Å²) in [5.74, 6) is 0.715. The van der Waals surface area contributed by atoms with Crippen molar-refractivity contribution in [1.29, 1.82) is 0 Å². The average Bonchev–Trinajstić information content (AvgIpc) is 3.08. The lowest BCUT2D eigenvalue weighted by Gasteiger charge is -2.11. The van der Waals surface area contributed by atoms with E-state index in [0.29, 0.717) is 17.4 Å². The van der Waals surface area contributed by atoms with E-state index in [1.165, 1.54) is 24.3 Å². The second-order valence-corrected chi connectivity index (χ2v) is 7.50. The number of hydrogen-bond donors (Lipinski definition) is 2. The molecule has 1 aromatic heterocycles. The maximum Gasteiger partial charge on any atom is 0.263 e. The van der Waals surface area contributed by atoms with E-state index >= 15 is 0 Å². The highest BCUT2D eigenvalue weighted by Crippen LogP contribution is 2.18. The molecule has 3 rings (SSSR count). The maximum absolute atomic E-state index is 12.2. The summed E-state index contributed by atoms with van der Waals surface area (Å²) in [6.07, 6.45) is 2.29. The Morgan fingerprint density at radius 1 is 1.12 bits per heavy atom. The number of aromatic nitrogens is 2. The molecule has 0 bridgehead atoms. The molecule has 0 saturated carbocycles. The first kappa shape index (κ1) is 16.9. The van der Waals surface area contributed by atoms with Gasteiger partial charge < -0.3 is 10.1 Å². The highest BCUT2D eigenvalue weighted by Gasteiger charge is 2.16. The van der Waals surface area contributed by atoms with Crippen LogP contribution < -0.4 is 10.0 Å². The van der Waals surface area contributed by atoms with E-state index in [1.54, 1.807) is 12.1 Å². The topological polar surface area (TPSA) is 93.2 Å². The van der Waals surface area contributed by atoms with Crippen LogP contribution in [0.4, 0.5) is 11.6 Å². The minimum Gasteiger partial charge on any atom is -0.376 e. The number of rotatable bonds is 6. The highest BCUT2D eigenvalue weighted by molar-refractivity contribution is 7.92. The van der Waals surface area contributed by atoms with Crippen molar-refractivity contribution in [3.63, 3.8) is 0 Å². The Labute approximate surface area is 145 Å². The molecule has 1 aromatic carbocycles. The summed E-state index contributed by atoms with van der Waals surface area (Å²) < 4.78 is 32.4. The fraction of sp³-hybridized carbons (Fsp3) is 0.333. The summed E-state index contributed by atoms with van der Waals surface area (Å²) >= 11 is 5.76. The van der Waals surface area contributed by atoms with Crippen molar-refractivity contribution in [2.75, 3.05) is 23.2 Å². The zero-order valence-electron chi connectivity index (χ0n) is 12.8. The van der Waals surface area contributed by atoms with Gasteiger partial charge in [0.1, 0.15) is 5.82 Å². The minimum atomic E-state index is -3.72. The fourth-order valence-electron chi connectivity index (χ4n) is 2.32. The van der Waals surface area contributed by atoms with E-state index in [4.69, 9.17) is 16.3 Å². The van der Waals surface area contributed by atoms with Crippen LogP contribution in [0.3, 0.4) is 0 Å². The third kappa shape index (κ3) is 4.34. The normalized spacial score (nSPS) is 17.6. The van der Waals surface area contributed by atoms with Crippen LogP contribution >= 0.6 is 11.6 Å². The van der Waals surface area contributed by atoms with Gasteiger partial charge in [0, 0.05) is 18.2 Å². The molecule has 7 nitrogen and oxygen atoms in total. The molecule has 24 heavy (non-hydrogen) atoms. The van der Waals surface area contributed by atoms with Crippen molar-refractivity contribution in [3.8, 4) is 0 Å². The van der Waals surface area contributed by atoms with Gasteiger partial charge in [-0.3, -0.25) is 4.72 Å². The molecule has 1 atom stereocenters. The van der Waals surface area contributed by atoms with Crippen molar-refractivity contribution in [1.82, 2.24) is 10.2 Å². The van der Waals surface area contributed by atoms with Crippen LogP contribution in [-0.4, -0.2) is 37.9 Å². The number of ether oxygens (including phenoxy) is 1. The Balaban J connectivity index is 1.61. The van der Waals surface area contributed by atoms with Crippen LogP contribution in [0.5, 0.6) is 0 Å². The van der Waals surface area contributed by atoms with Crippen LogP contribution in [0.25, 0.3) is 0 Å². The molecule has 0 aliphatic carbocycles. The van der Waals surface area contributed by atoms with Crippen molar-refractivity contribution < 1.29 is 13.2 Å². The third-order valence-corrected chi connectivity index (χ3v) is 5.18. The molecule has 0 spiro atoms. The van der Waals surface area contributed by atoms with Gasteiger partial charge in [0.05, 0.1) is 11.0 Å². The van der Waals surface area contributed by atoms with Crippen molar-refractivity contribution >= 4 is 33.3 Å². The van der Waals surface area contributed by atoms with Crippen LogP contribution in [0.2, 0.25) is 5.02 Å². The smallest absolute Gasteiger partial charge is 0.263 e. The van der Waals surface area contributed by atoms with Gasteiger partial charge >= 0.3 is 0 Å². The largest absolute Gasteiger partial charge is 0.376 e. The molecular formula is C15H17ClN4O3S. The molecule has 0 amide bonds. The predicted octanol–water partition coefficient (Wildman–Crippen LogP) is 2.52. The lowest BCUT2D eigenvalue weighted by molar-refractivity contribution is 0.120. The van der Waals surface area contributed by atoms with E-state index in [2.05, 4.69) is 20.2 Å². The Bertz CT molecular complexity index is 775. The number of nitrogens with one attached hydrogen (secondary N) is 2. The quantitative estimate of drug-likeness (QED) is 0.813. The Hall–Kier alpha value is -1.90. The van der Waals surface area contributed by atoms with Gasteiger partial charge in [0.25, 0.3) is 10.0 Å². The number of anilines is 2. The minimum absolute atomic E-state index is 0.106. The average molecular weight is 369 g/mol. The van der Waals surface area contributed by atoms with E-state index in [9.17, 15) is 8.42 Å². The molecule has 2 N–H and O–H groups in total. The standard InChI is InChI=1S/C15H17ClN4O3S/c16-11-3-5-13(6-4-11)24(21,22)20-15-8-7-14(18-19-15)17-10-12-2-1-9-23-12/h3-8,12H,1-2,9-10H2,(H,17,18)(H,19,20). The zero-order valence-corrected chi connectivity index (χ0v) is 14.3. The number of hydrogen-bond acceptors (Lipinski definition) is 6. The lowest BCUT2D eigenvalue weighted by Crippen LogP contribution is -2.19. The molecule has 1 saturated heterocycles. The van der Waals surface area contributed by atoms with Gasteiger partial charge in [-0.1, -0.05) is 11.6 Å². The van der Waals surface area contributed by atoms with Crippen LogP contribution in [0.1, 0.15) is 12.8 Å². The third-order valence-electron chi connectivity index (χ3n) is 3.56. The van der Waals surface area contributed by atoms with E-state index in [-0.39, 0.29) is 16.8 Å². The van der Waals surface area contributed by atoms with Crippen LogP contribution in [0, 0.1) is 0 Å². The van der Waals surface area contributed by atoms with Gasteiger partial charge in [0.2, 0.25) is 0 Å². The highest BCUT2D eigenvalue weighted by atomic mass is 35.5. The van der Waals surface area contributed by atoms with Gasteiger partial charge in [-0.05, 0) is 49.2 Å². The lowest BCUT2D eigenvalue weighted by atomic mass is 10.2. The number of benzene rings is 1. The molecule has 1 fully saturated rings. The summed E-state index contributed by atoms with van der Waals surface area (Å²) in [6.45, 7) is 1.45. The molecule has 1 aliphatic rings. The summed E-state index contributed by atoms with van der Waals surface area (Å²) in [4.78, 5) is 0.106. The molecule has 1 unspecified atom stereocenters. The van der Waals surface area contributed by atoms with Gasteiger partial charge in [-0.15, -0.1) is 10.2 Å². The second kappa shape index (κ2) is 7.33. The second-order valence-electron chi connectivity index (χ2n) is 5.38. The van der Waals surface area contributed by atoms with E-state index < -0.39 is 10.0 Å². The molecule has 128 valence electrons. The van der Waals surface area contributed by atoms with Crippen molar-refractivity contribution in [2.24, 2.45) is 0 Å². The monoisotopic (exact) mass is 368 g/mol. The molecular weight excluding hydrogens is 352 g/mol. The summed E-state index contributed by atoms with van der Waals surface area (Å²) in [5.41, 5.74) is 0. The summed E-state index contributed by atoms with van der Waals surface area (Å²) in [7, 11) is -3.72. The molecule has 0 radical (unpaired) electrons. The molecule has 2 aromatic rings. The first-order chi connectivity index (χ1) is 11.5. The van der Waals surface area contributed by atoms with Crippen LogP contribution in [0.15, 0.2) is 41.3 Å². The van der Waals surface area contributed by atoms with Gasteiger partial charge in [-0.2, -0.15) is 0 Å². The van der Waals surface area contributed by atoms with Gasteiger partial charge in [-0.25, -0.2) is 8.42 Å². The number of halogens is 1. The van der Waals surface area contributed by atoms with Crippen molar-refractivity contribution in [3.05, 3.63) is 41.4 Å².